The van der Waals surface area contributed by atoms with E-state index >= 15 is 0 Å². The second-order valence-electron chi connectivity index (χ2n) is 6.21. The molecule has 126 valence electrons. The van der Waals surface area contributed by atoms with Crippen molar-refractivity contribution in [1.29, 1.82) is 0 Å². The Labute approximate surface area is 141 Å². The van der Waals surface area contributed by atoms with Crippen LogP contribution in [0.4, 0.5) is 0 Å². The van der Waals surface area contributed by atoms with E-state index in [4.69, 9.17) is 9.47 Å². The monoisotopic (exact) mass is 327 g/mol. The number of amides is 1. The fourth-order valence-electron chi connectivity index (χ4n) is 1.96. The first-order chi connectivity index (χ1) is 11.3. The zero-order valence-corrected chi connectivity index (χ0v) is 14.0. The molecule has 0 radical (unpaired) electrons. The third-order valence-corrected chi connectivity index (χ3v) is 2.89. The molecule has 5 nitrogen and oxygen atoms in total. The molecule has 0 fully saturated rings. The number of carbonyl (C=O) groups is 2. The zero-order chi connectivity index (χ0) is 17.6. The van der Waals surface area contributed by atoms with Crippen LogP contribution >= 0.6 is 0 Å². The first kappa shape index (κ1) is 17.5. The second kappa shape index (κ2) is 7.64. The lowest BCUT2D eigenvalue weighted by Crippen LogP contribution is -2.34. The van der Waals surface area contributed by atoms with Crippen LogP contribution in [0.3, 0.4) is 0 Å². The molecule has 5 heteroatoms. The molecule has 0 saturated carbocycles. The summed E-state index contributed by atoms with van der Waals surface area (Å²) in [5.74, 6) is 0.391. The smallest absolute Gasteiger partial charge is 0.325 e. The van der Waals surface area contributed by atoms with Crippen LogP contribution in [-0.2, 0) is 9.53 Å². The van der Waals surface area contributed by atoms with Gasteiger partial charge in [0, 0.05) is 5.56 Å². The summed E-state index contributed by atoms with van der Waals surface area (Å²) in [7, 11) is 0. The third-order valence-electron chi connectivity index (χ3n) is 2.89. The Kier molecular flexibility index (Phi) is 5.58. The molecule has 24 heavy (non-hydrogen) atoms. The predicted molar refractivity (Wildman–Crippen MR) is 91.1 cm³/mol. The van der Waals surface area contributed by atoms with Crippen molar-refractivity contribution in [1.82, 2.24) is 5.32 Å². The average Bonchev–Trinajstić information content (AvgIpc) is 2.52. The highest BCUT2D eigenvalue weighted by atomic mass is 16.6. The summed E-state index contributed by atoms with van der Waals surface area (Å²) in [4.78, 5) is 23.8. The van der Waals surface area contributed by atoms with Crippen molar-refractivity contribution in [2.24, 2.45) is 0 Å². The van der Waals surface area contributed by atoms with Crippen molar-refractivity contribution in [2.45, 2.75) is 26.4 Å². The number of ether oxygens (including phenoxy) is 2. The number of esters is 1. The molecule has 0 unspecified atom stereocenters. The van der Waals surface area contributed by atoms with Crippen molar-refractivity contribution < 1.29 is 19.1 Å². The molecule has 0 aromatic heterocycles. The van der Waals surface area contributed by atoms with Crippen LogP contribution in [0.5, 0.6) is 11.5 Å². The van der Waals surface area contributed by atoms with E-state index in [1.165, 1.54) is 0 Å². The molecule has 1 amide bonds. The maximum atomic E-state index is 12.1. The predicted octanol–water partition coefficient (Wildman–Crippen LogP) is 3.55. The number of carbonyl (C=O) groups excluding carboxylic acids is 2. The molecule has 0 aliphatic heterocycles. The van der Waals surface area contributed by atoms with E-state index in [-0.39, 0.29) is 12.5 Å². The number of hydrogen-bond donors (Lipinski definition) is 1. The Morgan fingerprint density at radius 2 is 1.62 bits per heavy atom. The van der Waals surface area contributed by atoms with Gasteiger partial charge in [0.25, 0.3) is 5.91 Å². The first-order valence-corrected chi connectivity index (χ1v) is 7.66. The highest BCUT2D eigenvalue weighted by Gasteiger charge is 2.17. The van der Waals surface area contributed by atoms with E-state index < -0.39 is 11.6 Å². The minimum atomic E-state index is -0.578. The molecule has 0 atom stereocenters. The topological polar surface area (TPSA) is 64.6 Å². The van der Waals surface area contributed by atoms with Gasteiger partial charge in [0.05, 0.1) is 0 Å². The van der Waals surface area contributed by atoms with Crippen LogP contribution in [0.2, 0.25) is 0 Å². The van der Waals surface area contributed by atoms with Gasteiger partial charge in [-0.25, -0.2) is 0 Å². The van der Waals surface area contributed by atoms with Gasteiger partial charge in [-0.2, -0.15) is 0 Å². The highest BCUT2D eigenvalue weighted by molar-refractivity contribution is 5.96. The van der Waals surface area contributed by atoms with Gasteiger partial charge < -0.3 is 14.8 Å². The van der Waals surface area contributed by atoms with Crippen LogP contribution in [-0.4, -0.2) is 24.0 Å². The Morgan fingerprint density at radius 1 is 0.958 bits per heavy atom. The summed E-state index contributed by atoms with van der Waals surface area (Å²) in [5, 5.41) is 2.54. The Morgan fingerprint density at radius 3 is 2.29 bits per heavy atom. The molecular weight excluding hydrogens is 306 g/mol. The van der Waals surface area contributed by atoms with Gasteiger partial charge in [0.15, 0.2) is 0 Å². The van der Waals surface area contributed by atoms with Crippen LogP contribution in [0.25, 0.3) is 0 Å². The van der Waals surface area contributed by atoms with E-state index in [9.17, 15) is 9.59 Å². The molecule has 0 bridgehead atoms. The molecular formula is C19H21NO4. The summed E-state index contributed by atoms with van der Waals surface area (Å²) in [6, 6.07) is 16.1. The molecule has 2 aromatic rings. The maximum absolute atomic E-state index is 12.1. The van der Waals surface area contributed by atoms with Crippen molar-refractivity contribution in [3.63, 3.8) is 0 Å². The minimum Gasteiger partial charge on any atom is -0.459 e. The van der Waals surface area contributed by atoms with Gasteiger partial charge in [-0.1, -0.05) is 24.3 Å². The van der Waals surface area contributed by atoms with E-state index in [0.717, 1.165) is 0 Å². The second-order valence-corrected chi connectivity index (χ2v) is 6.21. The lowest BCUT2D eigenvalue weighted by Gasteiger charge is -2.19. The number of nitrogens with one attached hydrogen (secondary N) is 1. The molecule has 0 aliphatic rings. The van der Waals surface area contributed by atoms with Crippen LogP contribution in [0, 0.1) is 0 Å². The number of rotatable bonds is 5. The van der Waals surface area contributed by atoms with Crippen molar-refractivity contribution >= 4 is 11.9 Å². The molecule has 2 rings (SSSR count). The normalized spacial score (nSPS) is 10.8. The molecule has 2 aromatic carbocycles. The van der Waals surface area contributed by atoms with Crippen LogP contribution in [0.15, 0.2) is 54.6 Å². The Hall–Kier alpha value is -2.82. The number of para-hydroxylation sites is 1. The lowest BCUT2D eigenvalue weighted by molar-refractivity contribution is -0.153. The highest BCUT2D eigenvalue weighted by Crippen LogP contribution is 2.21. The standard InChI is InChI=1S/C19H21NO4/c1-19(2,3)24-17(21)13-20-18(22)14-8-7-11-16(12-14)23-15-9-5-4-6-10-15/h4-12H,13H2,1-3H3,(H,20,22). The van der Waals surface area contributed by atoms with Gasteiger partial charge in [-0.05, 0) is 51.1 Å². The van der Waals surface area contributed by atoms with Gasteiger partial charge in [-0.3, -0.25) is 9.59 Å². The third kappa shape index (κ3) is 5.76. The minimum absolute atomic E-state index is 0.181. The average molecular weight is 327 g/mol. The molecule has 0 saturated heterocycles. The number of hydrogen-bond acceptors (Lipinski definition) is 4. The van der Waals surface area contributed by atoms with E-state index in [1.807, 2.05) is 30.3 Å². The van der Waals surface area contributed by atoms with E-state index in [0.29, 0.717) is 17.1 Å². The largest absolute Gasteiger partial charge is 0.459 e. The molecule has 0 aliphatic carbocycles. The maximum Gasteiger partial charge on any atom is 0.325 e. The fraction of sp³-hybridized carbons (Fsp3) is 0.263. The van der Waals surface area contributed by atoms with E-state index in [1.54, 1.807) is 45.0 Å². The van der Waals surface area contributed by atoms with Crippen molar-refractivity contribution in [3.05, 3.63) is 60.2 Å². The SMILES string of the molecule is CC(C)(C)OC(=O)CNC(=O)c1cccc(Oc2ccccc2)c1. The fourth-order valence-corrected chi connectivity index (χ4v) is 1.96. The molecule has 1 N–H and O–H groups in total. The number of benzene rings is 2. The van der Waals surface area contributed by atoms with Crippen molar-refractivity contribution in [2.75, 3.05) is 6.54 Å². The van der Waals surface area contributed by atoms with Gasteiger partial charge in [0.2, 0.25) is 0 Å². The molecule has 0 spiro atoms. The first-order valence-electron chi connectivity index (χ1n) is 7.66. The molecule has 0 heterocycles. The van der Waals surface area contributed by atoms with Crippen LogP contribution < -0.4 is 10.1 Å². The van der Waals surface area contributed by atoms with Gasteiger partial charge >= 0.3 is 5.97 Å². The summed E-state index contributed by atoms with van der Waals surface area (Å²) in [6.07, 6.45) is 0. The quantitative estimate of drug-likeness (QED) is 0.853. The Balaban J connectivity index is 1.95. The van der Waals surface area contributed by atoms with E-state index in [2.05, 4.69) is 5.32 Å². The Bertz CT molecular complexity index is 705. The van der Waals surface area contributed by atoms with Gasteiger partial charge in [-0.15, -0.1) is 0 Å². The zero-order valence-electron chi connectivity index (χ0n) is 14.0. The summed E-state index contributed by atoms with van der Waals surface area (Å²) >= 11 is 0. The van der Waals surface area contributed by atoms with Gasteiger partial charge in [0.1, 0.15) is 23.6 Å². The summed E-state index contributed by atoms with van der Waals surface area (Å²) in [5.41, 5.74) is -0.169. The summed E-state index contributed by atoms with van der Waals surface area (Å²) < 4.78 is 10.8. The summed E-state index contributed by atoms with van der Waals surface area (Å²) in [6.45, 7) is 5.14. The lowest BCUT2D eigenvalue weighted by atomic mass is 10.2. The van der Waals surface area contributed by atoms with Crippen molar-refractivity contribution in [3.8, 4) is 11.5 Å². The van der Waals surface area contributed by atoms with Crippen LogP contribution in [0.1, 0.15) is 31.1 Å².